The first-order chi connectivity index (χ1) is 12.6. The molecule has 144 valence electrons. The van der Waals surface area contributed by atoms with Gasteiger partial charge in [0.15, 0.2) is 0 Å². The molecular formula is C20H25N3O4. The largest absolute Gasteiger partial charge is 0.457 e. The van der Waals surface area contributed by atoms with E-state index in [9.17, 15) is 14.4 Å². The van der Waals surface area contributed by atoms with Gasteiger partial charge in [-0.25, -0.2) is 9.78 Å². The Hall–Kier alpha value is -2.70. The molecule has 3 rings (SSSR count). The van der Waals surface area contributed by atoms with Gasteiger partial charge in [0, 0.05) is 37.8 Å². The zero-order valence-electron chi connectivity index (χ0n) is 16.2. The molecule has 2 aliphatic heterocycles. The minimum atomic E-state index is -0.663. The zero-order valence-corrected chi connectivity index (χ0v) is 16.2. The Bertz CT molecular complexity index is 815. The molecular weight excluding hydrogens is 346 g/mol. The number of esters is 1. The van der Waals surface area contributed by atoms with Crippen molar-refractivity contribution in [2.24, 2.45) is 0 Å². The van der Waals surface area contributed by atoms with Crippen LogP contribution in [0.2, 0.25) is 0 Å². The average molecular weight is 371 g/mol. The summed E-state index contributed by atoms with van der Waals surface area (Å²) in [5.74, 6) is 0.0875. The summed E-state index contributed by atoms with van der Waals surface area (Å²) in [6.07, 6.45) is 5.74. The van der Waals surface area contributed by atoms with Crippen molar-refractivity contribution in [3.8, 4) is 0 Å². The van der Waals surface area contributed by atoms with Gasteiger partial charge in [0.2, 0.25) is 11.8 Å². The predicted molar refractivity (Wildman–Crippen MR) is 101 cm³/mol. The van der Waals surface area contributed by atoms with Crippen molar-refractivity contribution in [3.05, 3.63) is 29.5 Å². The molecule has 0 aliphatic carbocycles. The molecule has 7 heteroatoms. The molecule has 0 radical (unpaired) electrons. The molecule has 0 atom stereocenters. The Morgan fingerprint density at radius 2 is 1.96 bits per heavy atom. The number of hydrogen-bond acceptors (Lipinski definition) is 5. The minimum Gasteiger partial charge on any atom is -0.457 e. The molecule has 0 bridgehead atoms. The molecule has 2 amide bonds. The van der Waals surface area contributed by atoms with Crippen LogP contribution in [0.5, 0.6) is 0 Å². The Balaban J connectivity index is 1.82. The summed E-state index contributed by atoms with van der Waals surface area (Å²) in [7, 11) is 0. The maximum atomic E-state index is 12.7. The predicted octanol–water partition coefficient (Wildman–Crippen LogP) is 2.27. The molecule has 0 aromatic carbocycles. The van der Waals surface area contributed by atoms with Crippen LogP contribution in [0, 0.1) is 0 Å². The van der Waals surface area contributed by atoms with Crippen molar-refractivity contribution in [2.75, 3.05) is 18.4 Å². The first kappa shape index (κ1) is 19.1. The Morgan fingerprint density at radius 1 is 1.30 bits per heavy atom. The highest BCUT2D eigenvalue weighted by Crippen LogP contribution is 2.44. The second-order valence-electron chi connectivity index (χ2n) is 8.07. The number of ether oxygens (including phenoxy) is 1. The van der Waals surface area contributed by atoms with Crippen molar-refractivity contribution in [1.29, 1.82) is 0 Å². The summed E-state index contributed by atoms with van der Waals surface area (Å²) in [5, 5.41) is 2.86. The maximum Gasteiger partial charge on any atom is 0.331 e. The number of hydrogen-bond donors (Lipinski definition) is 1. The van der Waals surface area contributed by atoms with E-state index in [0.29, 0.717) is 31.7 Å². The molecule has 1 aromatic rings. The van der Waals surface area contributed by atoms with E-state index in [-0.39, 0.29) is 11.8 Å². The monoisotopic (exact) mass is 371 g/mol. The summed E-state index contributed by atoms with van der Waals surface area (Å²) >= 11 is 0. The molecule has 1 aromatic heterocycles. The van der Waals surface area contributed by atoms with E-state index >= 15 is 0 Å². The number of carbonyl (C=O) groups excluding carboxylic acids is 3. The van der Waals surface area contributed by atoms with Crippen molar-refractivity contribution in [3.63, 3.8) is 0 Å². The number of piperidine rings is 1. The molecule has 1 spiro atoms. The van der Waals surface area contributed by atoms with Crippen LogP contribution in [0.15, 0.2) is 18.3 Å². The van der Waals surface area contributed by atoms with E-state index in [1.807, 2.05) is 26.8 Å². The molecule has 0 unspecified atom stereocenters. The number of likely N-dealkylation sites (tertiary alicyclic amines) is 1. The van der Waals surface area contributed by atoms with Gasteiger partial charge in [-0.3, -0.25) is 9.59 Å². The van der Waals surface area contributed by atoms with E-state index in [0.717, 1.165) is 11.1 Å². The Morgan fingerprint density at radius 3 is 2.56 bits per heavy atom. The lowest BCUT2D eigenvalue weighted by Crippen LogP contribution is -2.47. The first-order valence-electron chi connectivity index (χ1n) is 9.09. The maximum absolute atomic E-state index is 12.7. The van der Waals surface area contributed by atoms with Crippen molar-refractivity contribution < 1.29 is 19.1 Å². The van der Waals surface area contributed by atoms with Crippen LogP contribution in [0.3, 0.4) is 0 Å². The summed E-state index contributed by atoms with van der Waals surface area (Å²) in [5.41, 5.74) is 0.346. The molecule has 7 nitrogen and oxygen atoms in total. The quantitative estimate of drug-likeness (QED) is 0.636. The third kappa shape index (κ3) is 3.86. The van der Waals surface area contributed by atoms with Gasteiger partial charge in [0.05, 0.1) is 5.41 Å². The van der Waals surface area contributed by atoms with Crippen LogP contribution in [0.4, 0.5) is 5.82 Å². The second-order valence-corrected chi connectivity index (χ2v) is 8.07. The van der Waals surface area contributed by atoms with Crippen molar-refractivity contribution in [1.82, 2.24) is 9.88 Å². The lowest BCUT2D eigenvalue weighted by atomic mass is 9.74. The van der Waals surface area contributed by atoms with Crippen LogP contribution in [0.1, 0.15) is 51.7 Å². The lowest BCUT2D eigenvalue weighted by molar-refractivity contribution is -0.148. The number of aromatic nitrogens is 1. The first-order valence-corrected chi connectivity index (χ1v) is 9.09. The van der Waals surface area contributed by atoms with E-state index in [1.54, 1.807) is 24.1 Å². The molecule has 27 heavy (non-hydrogen) atoms. The number of amides is 2. The number of pyridine rings is 1. The number of carbonyl (C=O) groups is 3. The third-order valence-corrected chi connectivity index (χ3v) is 4.97. The van der Waals surface area contributed by atoms with Gasteiger partial charge >= 0.3 is 5.97 Å². The molecule has 1 N–H and O–H groups in total. The van der Waals surface area contributed by atoms with E-state index < -0.39 is 17.0 Å². The van der Waals surface area contributed by atoms with Gasteiger partial charge in [0.1, 0.15) is 11.4 Å². The van der Waals surface area contributed by atoms with Gasteiger partial charge < -0.3 is 15.0 Å². The molecule has 1 saturated heterocycles. The van der Waals surface area contributed by atoms with Gasteiger partial charge in [-0.15, -0.1) is 0 Å². The molecule has 3 heterocycles. The molecule has 2 aliphatic rings. The number of nitrogens with one attached hydrogen (secondary N) is 1. The number of fused-ring (bicyclic) bond motifs is 2. The summed E-state index contributed by atoms with van der Waals surface area (Å²) in [6, 6.07) is 1.89. The normalized spacial score (nSPS) is 18.5. The highest BCUT2D eigenvalue weighted by atomic mass is 16.6. The highest BCUT2D eigenvalue weighted by Gasteiger charge is 2.49. The van der Waals surface area contributed by atoms with Crippen LogP contribution in [-0.4, -0.2) is 46.4 Å². The van der Waals surface area contributed by atoms with Crippen LogP contribution in [-0.2, 0) is 24.5 Å². The fraction of sp³-hybridized carbons (Fsp3) is 0.500. The van der Waals surface area contributed by atoms with E-state index in [4.69, 9.17) is 4.74 Å². The summed E-state index contributed by atoms with van der Waals surface area (Å²) in [6.45, 7) is 8.06. The van der Waals surface area contributed by atoms with Gasteiger partial charge in [-0.05, 0) is 51.3 Å². The van der Waals surface area contributed by atoms with Crippen molar-refractivity contribution >= 4 is 29.7 Å². The summed E-state index contributed by atoms with van der Waals surface area (Å²) in [4.78, 5) is 42.3. The van der Waals surface area contributed by atoms with Crippen LogP contribution < -0.4 is 5.32 Å². The van der Waals surface area contributed by atoms with Crippen LogP contribution in [0.25, 0.3) is 6.08 Å². The number of rotatable bonds is 2. The van der Waals surface area contributed by atoms with Crippen LogP contribution >= 0.6 is 0 Å². The Labute approximate surface area is 158 Å². The number of nitrogens with zero attached hydrogens (tertiary/aromatic N) is 2. The van der Waals surface area contributed by atoms with Crippen molar-refractivity contribution in [2.45, 2.75) is 51.6 Å². The van der Waals surface area contributed by atoms with E-state index in [1.165, 1.54) is 6.08 Å². The second kappa shape index (κ2) is 6.79. The zero-order chi connectivity index (χ0) is 19.8. The topological polar surface area (TPSA) is 88.6 Å². The Kier molecular flexibility index (Phi) is 4.80. The van der Waals surface area contributed by atoms with E-state index in [2.05, 4.69) is 10.3 Å². The lowest BCUT2D eigenvalue weighted by Gasteiger charge is -2.37. The highest BCUT2D eigenvalue weighted by molar-refractivity contribution is 6.05. The molecule has 1 fully saturated rings. The SMILES string of the molecule is CC(=O)N1CCC2(CC1)C(=O)Nc1ncc(/C=C/C(=O)OC(C)(C)C)cc12. The van der Waals surface area contributed by atoms with Gasteiger partial charge in [-0.1, -0.05) is 0 Å². The standard InChI is InChI=1S/C20H25N3O4/c1-13(24)23-9-7-20(8-10-23)15-11-14(12-21-17(15)22-18(20)26)5-6-16(25)27-19(2,3)4/h5-6,11-12H,7-10H2,1-4H3,(H,21,22,26)/b6-5+. The van der Waals surface area contributed by atoms with Gasteiger partial charge in [0.25, 0.3) is 0 Å². The van der Waals surface area contributed by atoms with Gasteiger partial charge in [-0.2, -0.15) is 0 Å². The fourth-order valence-electron chi connectivity index (χ4n) is 3.59. The number of anilines is 1. The fourth-order valence-corrected chi connectivity index (χ4v) is 3.59. The summed E-state index contributed by atoms with van der Waals surface area (Å²) < 4.78 is 5.26. The third-order valence-electron chi connectivity index (χ3n) is 4.97. The molecule has 0 saturated carbocycles. The average Bonchev–Trinajstić information content (AvgIpc) is 2.84. The smallest absolute Gasteiger partial charge is 0.331 e. The minimum absolute atomic E-state index is 0.0237.